The second kappa shape index (κ2) is 7.05. The number of rotatable bonds is 5. The standard InChI is InChI=1S/C6H8O5.Mg.2H/c7-4(3-6(10)11)1-2-5(8)9;;;/h1-3H2,(H,8,9)(H,10,11);;;/q;+2;2*-1. The summed E-state index contributed by atoms with van der Waals surface area (Å²) in [4.78, 5) is 30.3. The third-order valence-corrected chi connectivity index (χ3v) is 0.966. The van der Waals surface area contributed by atoms with E-state index in [1.807, 2.05) is 0 Å². The van der Waals surface area contributed by atoms with Crippen LogP contribution in [0.5, 0.6) is 0 Å². The summed E-state index contributed by atoms with van der Waals surface area (Å²) >= 11 is 0. The van der Waals surface area contributed by atoms with E-state index >= 15 is 0 Å². The van der Waals surface area contributed by atoms with Gasteiger partial charge in [0.15, 0.2) is 0 Å². The van der Waals surface area contributed by atoms with Crippen molar-refractivity contribution in [2.45, 2.75) is 19.3 Å². The van der Waals surface area contributed by atoms with Gasteiger partial charge in [-0.2, -0.15) is 0 Å². The van der Waals surface area contributed by atoms with E-state index in [0.717, 1.165) is 0 Å². The summed E-state index contributed by atoms with van der Waals surface area (Å²) in [6.07, 6.45) is -1.10. The van der Waals surface area contributed by atoms with Crippen molar-refractivity contribution in [3.63, 3.8) is 0 Å². The van der Waals surface area contributed by atoms with Crippen LogP contribution in [0, 0.1) is 0 Å². The Morgan fingerprint density at radius 3 is 1.83 bits per heavy atom. The van der Waals surface area contributed by atoms with Crippen LogP contribution in [0.3, 0.4) is 0 Å². The van der Waals surface area contributed by atoms with E-state index in [2.05, 4.69) is 0 Å². The van der Waals surface area contributed by atoms with Gasteiger partial charge in [-0.3, -0.25) is 14.4 Å². The molecule has 2 N–H and O–H groups in total. The van der Waals surface area contributed by atoms with Crippen LogP contribution in [-0.4, -0.2) is 51.0 Å². The zero-order valence-electron chi connectivity index (χ0n) is 8.45. The molecule has 5 nitrogen and oxygen atoms in total. The number of carbonyl (C=O) groups is 3. The van der Waals surface area contributed by atoms with Gasteiger partial charge in [-0.05, 0) is 0 Å². The maximum Gasteiger partial charge on any atom is 2.00 e. The second-order valence-electron chi connectivity index (χ2n) is 2.00. The SMILES string of the molecule is O=C(O)CCC(=O)CC(=O)O.[H-].[H-].[Mg+2]. The molecule has 0 atom stereocenters. The van der Waals surface area contributed by atoms with Crippen LogP contribution in [0.1, 0.15) is 22.1 Å². The third kappa shape index (κ3) is 9.38. The average molecular weight is 186 g/mol. The Kier molecular flexibility index (Phi) is 8.18. The first kappa shape index (κ1) is 13.9. The number of aliphatic carboxylic acids is 2. The predicted octanol–water partition coefficient (Wildman–Crippen LogP) is -0.261. The van der Waals surface area contributed by atoms with Crippen molar-refractivity contribution in [2.75, 3.05) is 0 Å². The summed E-state index contributed by atoms with van der Waals surface area (Å²) in [6.45, 7) is 0. The summed E-state index contributed by atoms with van der Waals surface area (Å²) in [7, 11) is 0. The third-order valence-electron chi connectivity index (χ3n) is 0.966. The van der Waals surface area contributed by atoms with Crippen molar-refractivity contribution >= 4 is 40.8 Å². The molecule has 0 aliphatic heterocycles. The molecule has 0 aliphatic carbocycles. The van der Waals surface area contributed by atoms with E-state index in [1.54, 1.807) is 0 Å². The molecule has 0 spiro atoms. The molecule has 0 rings (SSSR count). The fraction of sp³-hybridized carbons (Fsp3) is 0.500. The Hall–Kier alpha value is -0.624. The molecule has 0 unspecified atom stereocenters. The fourth-order valence-electron chi connectivity index (χ4n) is 0.503. The van der Waals surface area contributed by atoms with Crippen LogP contribution >= 0.6 is 0 Å². The Balaban J connectivity index is -0.000000167. The number of hydrogen-bond donors (Lipinski definition) is 2. The summed E-state index contributed by atoms with van der Waals surface area (Å²) in [5.74, 6) is -2.87. The molecule has 0 aromatic rings. The molecule has 0 fully saturated rings. The maximum atomic E-state index is 10.5. The molecule has 0 heterocycles. The number of carbonyl (C=O) groups excluding carboxylic acids is 1. The molecule has 0 amide bonds. The number of Topliss-reactive ketones (excluding diaryl/α,β-unsaturated/α-hetero) is 1. The van der Waals surface area contributed by atoms with E-state index in [-0.39, 0.29) is 38.7 Å². The second-order valence-corrected chi connectivity index (χ2v) is 2.00. The zero-order chi connectivity index (χ0) is 8.85. The molecular weight excluding hydrogens is 176 g/mol. The smallest absolute Gasteiger partial charge is 1.00 e. The Morgan fingerprint density at radius 1 is 1.00 bits per heavy atom. The van der Waals surface area contributed by atoms with Crippen LogP contribution in [0.4, 0.5) is 0 Å². The normalized spacial score (nSPS) is 8.33. The molecule has 0 aromatic carbocycles. The molecule has 0 aromatic heterocycles. The Bertz CT molecular complexity index is 197. The number of hydrogen-bond acceptors (Lipinski definition) is 3. The predicted molar refractivity (Wildman–Crippen MR) is 42.1 cm³/mol. The fourth-order valence-corrected chi connectivity index (χ4v) is 0.503. The van der Waals surface area contributed by atoms with Gasteiger partial charge in [-0.25, -0.2) is 0 Å². The summed E-state index contributed by atoms with van der Waals surface area (Å²) in [5.41, 5.74) is 0. The van der Waals surface area contributed by atoms with Gasteiger partial charge < -0.3 is 13.1 Å². The van der Waals surface area contributed by atoms with Crippen LogP contribution in [-0.2, 0) is 14.4 Å². The minimum absolute atomic E-state index is 0. The molecule has 0 saturated heterocycles. The minimum Gasteiger partial charge on any atom is -1.00 e. The number of ketones is 1. The Morgan fingerprint density at radius 2 is 1.50 bits per heavy atom. The minimum atomic E-state index is -1.22. The summed E-state index contributed by atoms with van der Waals surface area (Å²) in [5, 5.41) is 16.2. The van der Waals surface area contributed by atoms with Gasteiger partial charge in [0.25, 0.3) is 0 Å². The van der Waals surface area contributed by atoms with Crippen molar-refractivity contribution in [1.29, 1.82) is 0 Å². The van der Waals surface area contributed by atoms with Crippen LogP contribution < -0.4 is 0 Å². The van der Waals surface area contributed by atoms with Crippen LogP contribution in [0.2, 0.25) is 0 Å². The van der Waals surface area contributed by atoms with Crippen molar-refractivity contribution in [3.05, 3.63) is 0 Å². The first-order valence-corrected chi connectivity index (χ1v) is 2.97. The van der Waals surface area contributed by atoms with Crippen molar-refractivity contribution < 1.29 is 27.4 Å². The molecule has 0 aliphatic rings. The van der Waals surface area contributed by atoms with Gasteiger partial charge in [0.1, 0.15) is 12.2 Å². The average Bonchev–Trinajstić information content (AvgIpc) is 1.82. The van der Waals surface area contributed by atoms with E-state index in [9.17, 15) is 14.4 Å². The molecule has 0 saturated carbocycles. The van der Waals surface area contributed by atoms with Crippen LogP contribution in [0.15, 0.2) is 0 Å². The summed E-state index contributed by atoms with van der Waals surface area (Å²) in [6, 6.07) is 0. The first-order chi connectivity index (χ1) is 5.02. The maximum absolute atomic E-state index is 10.5. The molecule has 0 bridgehead atoms. The van der Waals surface area contributed by atoms with Gasteiger partial charge in [0.2, 0.25) is 0 Å². The van der Waals surface area contributed by atoms with E-state index in [0.29, 0.717) is 0 Å². The topological polar surface area (TPSA) is 91.7 Å². The van der Waals surface area contributed by atoms with Crippen LogP contribution in [0.25, 0.3) is 0 Å². The monoisotopic (exact) mass is 186 g/mol. The molecular formula is C6H10MgO5. The van der Waals surface area contributed by atoms with Gasteiger partial charge in [0, 0.05) is 6.42 Å². The zero-order valence-corrected chi connectivity index (χ0v) is 7.86. The number of carboxylic acid groups (broad SMARTS) is 2. The molecule has 66 valence electrons. The van der Waals surface area contributed by atoms with Gasteiger partial charge in [-0.15, -0.1) is 0 Å². The summed E-state index contributed by atoms with van der Waals surface area (Å²) < 4.78 is 0. The Labute approximate surface area is 87.9 Å². The largest absolute Gasteiger partial charge is 2.00 e. The van der Waals surface area contributed by atoms with Gasteiger partial charge in [0.05, 0.1) is 6.42 Å². The van der Waals surface area contributed by atoms with Crippen molar-refractivity contribution in [2.24, 2.45) is 0 Å². The van der Waals surface area contributed by atoms with Crippen molar-refractivity contribution in [1.82, 2.24) is 0 Å². The molecule has 0 radical (unpaired) electrons. The van der Waals surface area contributed by atoms with Gasteiger partial charge in [-0.1, -0.05) is 0 Å². The first-order valence-electron chi connectivity index (χ1n) is 2.97. The molecule has 6 heteroatoms. The number of carboxylic acids is 2. The molecule has 12 heavy (non-hydrogen) atoms. The van der Waals surface area contributed by atoms with E-state index in [1.165, 1.54) is 0 Å². The van der Waals surface area contributed by atoms with Gasteiger partial charge >= 0.3 is 35.0 Å². The van der Waals surface area contributed by atoms with E-state index < -0.39 is 24.1 Å². The van der Waals surface area contributed by atoms with Crippen molar-refractivity contribution in [3.8, 4) is 0 Å². The quantitative estimate of drug-likeness (QED) is 0.456. The van der Waals surface area contributed by atoms with E-state index in [4.69, 9.17) is 10.2 Å².